The zero-order valence-corrected chi connectivity index (χ0v) is 33.1. The number of aromatic hydroxyl groups is 3. The van der Waals surface area contributed by atoms with Gasteiger partial charge in [-0.1, -0.05) is 45.9 Å². The molecule has 6 N–H and O–H groups in total. The fraction of sp³-hybridized carbons (Fsp3) is 0.500. The number of rotatable bonds is 4. The van der Waals surface area contributed by atoms with E-state index >= 15 is 0 Å². The predicted octanol–water partition coefficient (Wildman–Crippen LogP) is 4.65. The number of fused-ring (bicyclic) bond motifs is 14. The number of Topliss-reactive ketones (excluding diaryl/α,β-unsaturated/α-hetero) is 1. The second-order valence-electron chi connectivity index (χ2n) is 14.7. The van der Waals surface area contributed by atoms with Crippen molar-refractivity contribution in [2.45, 2.75) is 85.6 Å². The van der Waals surface area contributed by atoms with Crippen LogP contribution in [0.5, 0.6) is 23.0 Å². The van der Waals surface area contributed by atoms with E-state index in [2.05, 4.69) is 10.4 Å². The zero-order chi connectivity index (χ0) is 41.3. The van der Waals surface area contributed by atoms with E-state index < -0.39 is 88.8 Å². The van der Waals surface area contributed by atoms with Crippen LogP contribution in [0.4, 0.5) is 5.69 Å². The molecule has 0 radical (unpaired) electrons. The number of esters is 1. The van der Waals surface area contributed by atoms with Gasteiger partial charge in [-0.25, -0.2) is 0 Å². The topological polar surface area (TPSA) is 217 Å². The monoisotopic (exact) mass is 767 g/mol. The Bertz CT molecular complexity index is 1950. The number of aliphatic hydroxyl groups excluding tert-OH is 2. The molecule has 1 amide bonds. The van der Waals surface area contributed by atoms with Crippen molar-refractivity contribution in [3.8, 4) is 23.0 Å². The molecule has 3 heterocycles. The summed E-state index contributed by atoms with van der Waals surface area (Å²) in [6, 6.07) is 0. The lowest BCUT2D eigenvalue weighted by molar-refractivity contribution is -0.160. The third kappa shape index (κ3) is 8.28. The van der Waals surface area contributed by atoms with Crippen LogP contribution in [0, 0.1) is 30.6 Å². The van der Waals surface area contributed by atoms with Crippen molar-refractivity contribution in [1.29, 1.82) is 0 Å². The number of anilines is 1. The number of hydrogen-bond donors (Lipinski definition) is 6. The molecule has 0 saturated carbocycles. The minimum Gasteiger partial charge on any atom is -0.507 e. The van der Waals surface area contributed by atoms with Crippen LogP contribution in [0.25, 0.3) is 10.8 Å². The number of phenols is 3. The molecule has 5 bridgehead atoms. The van der Waals surface area contributed by atoms with Gasteiger partial charge in [0.15, 0.2) is 5.75 Å². The lowest BCUT2D eigenvalue weighted by Crippen LogP contribution is -2.46. The molecule has 3 aliphatic heterocycles. The molecule has 0 aliphatic carbocycles. The minimum absolute atomic E-state index is 0.0475. The average Bonchev–Trinajstić information content (AvgIpc) is 3.39. The van der Waals surface area contributed by atoms with Crippen molar-refractivity contribution >= 4 is 40.3 Å². The number of carbonyl (C=O) groups excluding carboxylic acids is 3. The highest BCUT2D eigenvalue weighted by Crippen LogP contribution is 2.55. The summed E-state index contributed by atoms with van der Waals surface area (Å²) in [5.74, 6) is -8.43. The number of ether oxygens (including phenoxy) is 4. The second kappa shape index (κ2) is 16.7. The van der Waals surface area contributed by atoms with Gasteiger partial charge in [0.2, 0.25) is 0 Å². The van der Waals surface area contributed by atoms with Gasteiger partial charge in [0.05, 0.1) is 53.0 Å². The lowest BCUT2D eigenvalue weighted by atomic mass is 9.78. The van der Waals surface area contributed by atoms with Gasteiger partial charge in [-0.15, -0.1) is 0 Å². The van der Waals surface area contributed by atoms with Crippen LogP contribution in [0.2, 0.25) is 0 Å². The highest BCUT2D eigenvalue weighted by Gasteiger charge is 2.50. The van der Waals surface area contributed by atoms with E-state index in [4.69, 9.17) is 18.9 Å². The van der Waals surface area contributed by atoms with Gasteiger partial charge in [0.25, 0.3) is 11.7 Å². The van der Waals surface area contributed by atoms with Crippen molar-refractivity contribution in [2.24, 2.45) is 28.8 Å². The van der Waals surface area contributed by atoms with Crippen molar-refractivity contribution < 1.29 is 58.9 Å². The zero-order valence-electron chi connectivity index (χ0n) is 33.1. The molecule has 0 fully saturated rings. The first-order valence-electron chi connectivity index (χ1n) is 18.0. The summed E-state index contributed by atoms with van der Waals surface area (Å²) in [6.45, 7) is 12.4. The number of amides is 1. The number of hydrazone groups is 1. The molecule has 0 aromatic heterocycles. The van der Waals surface area contributed by atoms with E-state index in [0.717, 1.165) is 0 Å². The molecule has 9 atom stereocenters. The summed E-state index contributed by atoms with van der Waals surface area (Å²) in [4.78, 5) is 40.1. The van der Waals surface area contributed by atoms with Crippen molar-refractivity contribution in [3.05, 3.63) is 52.8 Å². The van der Waals surface area contributed by atoms with Gasteiger partial charge in [-0.05, 0) is 19.9 Å². The third-order valence-electron chi connectivity index (χ3n) is 10.5. The molecule has 15 heteroatoms. The van der Waals surface area contributed by atoms with Gasteiger partial charge in [-0.3, -0.25) is 14.4 Å². The smallest absolute Gasteiger partial charge is 0.312 e. The number of hydrogen-bond acceptors (Lipinski definition) is 14. The first kappa shape index (κ1) is 42.6. The van der Waals surface area contributed by atoms with E-state index in [-0.39, 0.29) is 44.5 Å². The number of ketones is 1. The Labute approximate surface area is 320 Å². The van der Waals surface area contributed by atoms with Crippen LogP contribution in [0.3, 0.4) is 0 Å². The molecular formula is C40H53N3O12. The Morgan fingerprint density at radius 3 is 2.22 bits per heavy atom. The summed E-state index contributed by atoms with van der Waals surface area (Å²) >= 11 is 0. The van der Waals surface area contributed by atoms with Crippen LogP contribution in [0.1, 0.15) is 70.0 Å². The van der Waals surface area contributed by atoms with Gasteiger partial charge >= 0.3 is 11.8 Å². The first-order valence-corrected chi connectivity index (χ1v) is 18.0. The van der Waals surface area contributed by atoms with E-state index in [1.54, 1.807) is 53.9 Å². The molecule has 0 spiro atoms. The number of nitrogens with one attached hydrogen (secondary N) is 1. The van der Waals surface area contributed by atoms with Crippen LogP contribution >= 0.6 is 0 Å². The van der Waals surface area contributed by atoms with E-state index in [9.17, 15) is 39.9 Å². The maximum Gasteiger partial charge on any atom is 0.312 e. The van der Waals surface area contributed by atoms with E-state index in [1.165, 1.54) is 64.4 Å². The fourth-order valence-electron chi connectivity index (χ4n) is 7.05. The molecular weight excluding hydrogens is 714 g/mol. The Hall–Kier alpha value is -5.12. The summed E-state index contributed by atoms with van der Waals surface area (Å²) < 4.78 is 23.4. The standard InChI is InChI=1S/C40H53N3O12/c1-18-13-12-14-19(2)39(51)42-30-25(17-41-43(9)10)34(48)27-28(35(30)49)33(47)23(6)37-29(27)38(50)40(8,55-37)53-16-15-26(52-11)20(3)36(54-24(7)44)22(5)32(46)21(4)31(18)45/h12-18,20-22,26,31-32,36,45-49H,1-11H3,(H,42,51)/b13-12+,16-15+,19-14-,41-17-/t18-,20-,21-,22-,26+,31+,32+,36-,40+/m1/s1. The maximum atomic E-state index is 14.3. The second-order valence-corrected chi connectivity index (χ2v) is 14.7. The lowest BCUT2D eigenvalue weighted by Gasteiger charge is -2.38. The van der Waals surface area contributed by atoms with Gasteiger partial charge < -0.3 is 54.8 Å². The van der Waals surface area contributed by atoms with Crippen molar-refractivity contribution in [1.82, 2.24) is 5.01 Å². The molecule has 15 nitrogen and oxygen atoms in total. The van der Waals surface area contributed by atoms with Gasteiger partial charge in [0.1, 0.15) is 23.4 Å². The molecule has 0 saturated heterocycles. The first-order chi connectivity index (χ1) is 25.7. The summed E-state index contributed by atoms with van der Waals surface area (Å²) in [6.07, 6.45) is 4.69. The van der Waals surface area contributed by atoms with Crippen LogP contribution in [-0.2, 0) is 23.8 Å². The van der Waals surface area contributed by atoms with Crippen LogP contribution in [0.15, 0.2) is 41.2 Å². The number of methoxy groups -OCH3 is 1. The SMILES string of the molecule is CO[C@H]1/C=C/O[C@@]2(C)Oc3c(C)c(O)c4c(O)c(c(/C=N\N(C)C)c(O)c4c3C2=O)NC(=O)/C(C)=C\C=C\[C@@H](C)[C@H](O)[C@@H](C)[C@H](O)[C@@H](C)[C@H](OC(C)=O)[C@@H]1C. The molecule has 2 aromatic carbocycles. The van der Waals surface area contributed by atoms with Crippen molar-refractivity contribution in [2.75, 3.05) is 26.5 Å². The molecule has 5 rings (SSSR count). The van der Waals surface area contributed by atoms with E-state index in [0.29, 0.717) is 0 Å². The minimum atomic E-state index is -2.04. The Morgan fingerprint density at radius 1 is 0.964 bits per heavy atom. The number of phenolic OH excluding ortho intramolecular Hbond substituents is 3. The molecule has 55 heavy (non-hydrogen) atoms. The molecule has 2 aromatic rings. The van der Waals surface area contributed by atoms with E-state index in [1.807, 2.05) is 0 Å². The summed E-state index contributed by atoms with van der Waals surface area (Å²) in [5.41, 5.74) is -0.445. The Morgan fingerprint density at radius 2 is 1.62 bits per heavy atom. The number of aliphatic hydroxyl groups is 2. The highest BCUT2D eigenvalue weighted by atomic mass is 16.7. The Balaban J connectivity index is 1.97. The van der Waals surface area contributed by atoms with Crippen LogP contribution in [-0.4, -0.2) is 106 Å². The summed E-state index contributed by atoms with van der Waals surface area (Å²) in [5, 5.41) is 65.3. The number of benzene rings is 2. The Kier molecular flexibility index (Phi) is 13.0. The van der Waals surface area contributed by atoms with Crippen LogP contribution < -0.4 is 10.1 Å². The third-order valence-corrected chi connectivity index (χ3v) is 10.5. The number of allylic oxidation sites excluding steroid dienone is 2. The van der Waals surface area contributed by atoms with Gasteiger partial charge in [0, 0.05) is 75.2 Å². The summed E-state index contributed by atoms with van der Waals surface area (Å²) in [7, 11) is 4.65. The van der Waals surface area contributed by atoms with Gasteiger partial charge in [-0.2, -0.15) is 5.10 Å². The number of nitrogens with zero attached hydrogens (tertiary/aromatic N) is 2. The largest absolute Gasteiger partial charge is 0.507 e. The average molecular weight is 768 g/mol. The maximum absolute atomic E-state index is 14.3. The quantitative estimate of drug-likeness (QED) is 0.0822. The molecule has 3 aliphatic rings. The molecule has 0 unspecified atom stereocenters. The fourth-order valence-corrected chi connectivity index (χ4v) is 7.05. The predicted molar refractivity (Wildman–Crippen MR) is 205 cm³/mol. The normalized spacial score (nSPS) is 31.4. The molecule has 300 valence electrons. The number of carbonyl (C=O) groups is 3. The highest BCUT2D eigenvalue weighted by molar-refractivity contribution is 6.23. The van der Waals surface area contributed by atoms with Crippen molar-refractivity contribution in [3.63, 3.8) is 0 Å².